The maximum Gasteiger partial charge on any atom is 0.0338 e. The molecule has 1 aromatic rings. The monoisotopic (exact) mass is 220 g/mol. The van der Waals surface area contributed by atoms with Crippen LogP contribution in [0.3, 0.4) is 0 Å². The van der Waals surface area contributed by atoms with Gasteiger partial charge in [0.2, 0.25) is 0 Å². The van der Waals surface area contributed by atoms with Crippen molar-refractivity contribution in [1.82, 2.24) is 10.3 Å². The maximum atomic E-state index is 4.21. The third-order valence-corrected chi connectivity index (χ3v) is 3.26. The van der Waals surface area contributed by atoms with Gasteiger partial charge in [0.25, 0.3) is 0 Å². The molecule has 0 saturated carbocycles. The van der Waals surface area contributed by atoms with Crippen molar-refractivity contribution in [3.63, 3.8) is 0 Å². The van der Waals surface area contributed by atoms with Gasteiger partial charge in [-0.2, -0.15) is 0 Å². The van der Waals surface area contributed by atoms with E-state index in [9.17, 15) is 0 Å². The van der Waals surface area contributed by atoms with Crippen LogP contribution >= 0.6 is 0 Å². The molecule has 1 N–H and O–H groups in total. The molecule has 1 heterocycles. The Bertz CT molecular complexity index is 267. The molecule has 0 aliphatic carbocycles. The molecule has 1 aromatic heterocycles. The molecule has 2 nitrogen and oxygen atoms in total. The first-order valence-corrected chi connectivity index (χ1v) is 6.45. The maximum absolute atomic E-state index is 4.21. The average molecular weight is 220 g/mol. The van der Waals surface area contributed by atoms with Crippen LogP contribution in [0.5, 0.6) is 0 Å². The fraction of sp³-hybridized carbons (Fsp3) is 0.643. The Balaban J connectivity index is 2.67. The molecular weight excluding hydrogens is 196 g/mol. The highest BCUT2D eigenvalue weighted by Gasteiger charge is 2.14. The number of pyridine rings is 1. The molecule has 1 atom stereocenters. The fourth-order valence-electron chi connectivity index (χ4n) is 2.12. The van der Waals surface area contributed by atoms with Crippen molar-refractivity contribution >= 4 is 0 Å². The second-order valence-electron chi connectivity index (χ2n) is 4.31. The number of rotatable bonds is 7. The van der Waals surface area contributed by atoms with Crippen molar-refractivity contribution in [2.45, 2.75) is 46.1 Å². The van der Waals surface area contributed by atoms with Crippen LogP contribution in [0.15, 0.2) is 24.5 Å². The molecule has 1 rings (SSSR count). The first kappa shape index (κ1) is 13.2. The lowest BCUT2D eigenvalue weighted by molar-refractivity contribution is 0.375. The van der Waals surface area contributed by atoms with Crippen LogP contribution in [0.4, 0.5) is 0 Å². The van der Waals surface area contributed by atoms with Gasteiger partial charge in [-0.3, -0.25) is 4.98 Å². The molecule has 1 unspecified atom stereocenters. The van der Waals surface area contributed by atoms with Gasteiger partial charge < -0.3 is 5.32 Å². The summed E-state index contributed by atoms with van der Waals surface area (Å²) in [6.45, 7) is 7.73. The van der Waals surface area contributed by atoms with E-state index in [-0.39, 0.29) is 0 Å². The molecule has 0 fully saturated rings. The Morgan fingerprint density at radius 3 is 2.50 bits per heavy atom. The molecule has 2 heteroatoms. The van der Waals surface area contributed by atoms with E-state index in [0.717, 1.165) is 12.5 Å². The first-order valence-electron chi connectivity index (χ1n) is 6.45. The molecular formula is C14H24N2. The zero-order valence-electron chi connectivity index (χ0n) is 10.7. The zero-order valence-corrected chi connectivity index (χ0v) is 10.7. The highest BCUT2D eigenvalue weighted by atomic mass is 14.9. The van der Waals surface area contributed by atoms with E-state index < -0.39 is 0 Å². The Morgan fingerprint density at radius 2 is 2.00 bits per heavy atom. The molecule has 0 aliphatic heterocycles. The largest absolute Gasteiger partial charge is 0.310 e. The summed E-state index contributed by atoms with van der Waals surface area (Å²) in [4.78, 5) is 4.21. The van der Waals surface area contributed by atoms with Crippen LogP contribution in [0.1, 0.15) is 51.6 Å². The molecule has 0 aromatic carbocycles. The van der Waals surface area contributed by atoms with Crippen molar-refractivity contribution in [2.24, 2.45) is 5.92 Å². The van der Waals surface area contributed by atoms with Crippen LogP contribution in [0.25, 0.3) is 0 Å². The van der Waals surface area contributed by atoms with Crippen molar-refractivity contribution in [3.8, 4) is 0 Å². The van der Waals surface area contributed by atoms with Gasteiger partial charge in [0.05, 0.1) is 0 Å². The van der Waals surface area contributed by atoms with E-state index in [1.807, 2.05) is 18.5 Å². The molecule has 0 bridgehead atoms. The van der Waals surface area contributed by atoms with Crippen molar-refractivity contribution in [3.05, 3.63) is 30.1 Å². The van der Waals surface area contributed by atoms with Gasteiger partial charge in [0.15, 0.2) is 0 Å². The molecule has 0 radical (unpaired) electrons. The van der Waals surface area contributed by atoms with Crippen molar-refractivity contribution in [1.29, 1.82) is 0 Å². The predicted octanol–water partition coefficient (Wildman–Crippen LogP) is 3.56. The van der Waals surface area contributed by atoms with Crippen LogP contribution < -0.4 is 5.32 Å². The summed E-state index contributed by atoms with van der Waals surface area (Å²) in [5.74, 6) is 0.809. The smallest absolute Gasteiger partial charge is 0.0338 e. The average Bonchev–Trinajstić information content (AvgIpc) is 2.35. The second kappa shape index (κ2) is 7.39. The lowest BCUT2D eigenvalue weighted by atomic mass is 9.92. The number of hydrogen-bond donors (Lipinski definition) is 1. The lowest BCUT2D eigenvalue weighted by Gasteiger charge is -2.22. The molecule has 90 valence electrons. The van der Waals surface area contributed by atoms with Crippen LogP contribution in [-0.4, -0.2) is 11.5 Å². The van der Waals surface area contributed by atoms with E-state index in [2.05, 4.69) is 37.1 Å². The Morgan fingerprint density at radius 1 is 1.25 bits per heavy atom. The molecule has 0 aliphatic rings. The van der Waals surface area contributed by atoms with Gasteiger partial charge in [-0.1, -0.05) is 39.7 Å². The minimum absolute atomic E-state index is 0.462. The minimum Gasteiger partial charge on any atom is -0.310 e. The standard InChI is InChI=1S/C14H24N2/c1-4-12(5-2)10-14(16-6-3)13-8-7-9-15-11-13/h7-9,11-12,14,16H,4-6,10H2,1-3H3. The zero-order chi connectivity index (χ0) is 11.8. The number of nitrogens with zero attached hydrogens (tertiary/aromatic N) is 1. The van der Waals surface area contributed by atoms with Crippen LogP contribution in [-0.2, 0) is 0 Å². The number of aromatic nitrogens is 1. The first-order chi connectivity index (χ1) is 7.81. The summed E-state index contributed by atoms with van der Waals surface area (Å²) in [5, 5.41) is 3.56. The van der Waals surface area contributed by atoms with E-state index in [1.165, 1.54) is 24.8 Å². The van der Waals surface area contributed by atoms with Gasteiger partial charge >= 0.3 is 0 Å². The highest BCUT2D eigenvalue weighted by Crippen LogP contribution is 2.24. The SMILES string of the molecule is CCNC(CC(CC)CC)c1cccnc1. The normalized spacial score (nSPS) is 13.0. The minimum atomic E-state index is 0.462. The molecule has 0 amide bonds. The van der Waals surface area contributed by atoms with E-state index in [4.69, 9.17) is 0 Å². The summed E-state index contributed by atoms with van der Waals surface area (Å²) in [5.41, 5.74) is 1.32. The third-order valence-electron chi connectivity index (χ3n) is 3.26. The summed E-state index contributed by atoms with van der Waals surface area (Å²) in [7, 11) is 0. The summed E-state index contributed by atoms with van der Waals surface area (Å²) in [6.07, 6.45) is 7.56. The topological polar surface area (TPSA) is 24.9 Å². The van der Waals surface area contributed by atoms with Gasteiger partial charge in [-0.15, -0.1) is 0 Å². The van der Waals surface area contributed by atoms with Gasteiger partial charge in [0.1, 0.15) is 0 Å². The molecule has 0 spiro atoms. The van der Waals surface area contributed by atoms with Gasteiger partial charge in [-0.05, 0) is 30.5 Å². The summed E-state index contributed by atoms with van der Waals surface area (Å²) >= 11 is 0. The third kappa shape index (κ3) is 3.93. The lowest BCUT2D eigenvalue weighted by Crippen LogP contribution is -2.23. The van der Waals surface area contributed by atoms with E-state index in [1.54, 1.807) is 0 Å². The van der Waals surface area contributed by atoms with E-state index in [0.29, 0.717) is 6.04 Å². The summed E-state index contributed by atoms with van der Waals surface area (Å²) in [6, 6.07) is 4.65. The van der Waals surface area contributed by atoms with Crippen LogP contribution in [0.2, 0.25) is 0 Å². The Kier molecular flexibility index (Phi) is 6.09. The predicted molar refractivity (Wildman–Crippen MR) is 69.3 cm³/mol. The Hall–Kier alpha value is -0.890. The quantitative estimate of drug-likeness (QED) is 0.760. The van der Waals surface area contributed by atoms with Crippen LogP contribution in [0, 0.1) is 5.92 Å². The van der Waals surface area contributed by atoms with Gasteiger partial charge in [-0.25, -0.2) is 0 Å². The number of nitrogens with one attached hydrogen (secondary N) is 1. The van der Waals surface area contributed by atoms with Crippen molar-refractivity contribution < 1.29 is 0 Å². The second-order valence-corrected chi connectivity index (χ2v) is 4.31. The number of hydrogen-bond acceptors (Lipinski definition) is 2. The molecule has 0 saturated heterocycles. The van der Waals surface area contributed by atoms with Crippen molar-refractivity contribution in [2.75, 3.05) is 6.54 Å². The Labute approximate surface area is 99.5 Å². The fourth-order valence-corrected chi connectivity index (χ4v) is 2.12. The molecule has 16 heavy (non-hydrogen) atoms. The summed E-state index contributed by atoms with van der Waals surface area (Å²) < 4.78 is 0. The van der Waals surface area contributed by atoms with Gasteiger partial charge in [0, 0.05) is 18.4 Å². The highest BCUT2D eigenvalue weighted by molar-refractivity contribution is 5.13. The van der Waals surface area contributed by atoms with E-state index >= 15 is 0 Å².